The van der Waals surface area contributed by atoms with Crippen molar-refractivity contribution in [3.05, 3.63) is 111 Å². The van der Waals surface area contributed by atoms with E-state index in [1.165, 1.54) is 17.9 Å². The maximum atomic E-state index is 14.9. The topological polar surface area (TPSA) is 67.6 Å². The second kappa shape index (κ2) is 7.02. The van der Waals surface area contributed by atoms with Gasteiger partial charge < -0.3 is 4.42 Å². The molecular weight excluding hydrogens is 397 g/mol. The fraction of sp³-hybridized carbons (Fsp3) is 0.0800. The highest BCUT2D eigenvalue weighted by atomic mass is 19.1. The molecule has 1 aliphatic rings. The molecule has 0 fully saturated rings. The molecule has 5 rings (SSSR count). The number of amides is 1. The third-order valence-electron chi connectivity index (χ3n) is 5.53. The number of hydrogen-bond acceptors (Lipinski definition) is 4. The van der Waals surface area contributed by atoms with Crippen LogP contribution in [0.25, 0.3) is 11.0 Å². The van der Waals surface area contributed by atoms with Gasteiger partial charge in [-0.05, 0) is 49.4 Å². The molecule has 0 saturated carbocycles. The van der Waals surface area contributed by atoms with E-state index in [2.05, 4.69) is 0 Å². The lowest BCUT2D eigenvalue weighted by Crippen LogP contribution is -2.30. The highest BCUT2D eigenvalue weighted by molar-refractivity contribution is 6.10. The highest BCUT2D eigenvalue weighted by Gasteiger charge is 2.44. The number of carbonyl (C=O) groups excluding carboxylic acids is 2. The van der Waals surface area contributed by atoms with Crippen molar-refractivity contribution in [3.8, 4) is 0 Å². The molecule has 1 aromatic heterocycles. The average molecular weight is 413 g/mol. The molecular formula is C25H16FNO4. The van der Waals surface area contributed by atoms with Crippen LogP contribution in [0.1, 0.15) is 45.0 Å². The predicted molar refractivity (Wildman–Crippen MR) is 114 cm³/mol. The number of Topliss-reactive ketones (excluding diaryl/α,β-unsaturated/α-hetero) is 1. The van der Waals surface area contributed by atoms with Gasteiger partial charge in [-0.15, -0.1) is 0 Å². The molecule has 4 aromatic rings. The first kappa shape index (κ1) is 18.9. The van der Waals surface area contributed by atoms with Crippen LogP contribution in [0.5, 0.6) is 0 Å². The first-order chi connectivity index (χ1) is 15.0. The third kappa shape index (κ3) is 2.87. The van der Waals surface area contributed by atoms with Gasteiger partial charge >= 0.3 is 0 Å². The molecule has 1 unspecified atom stereocenters. The van der Waals surface area contributed by atoms with Crippen LogP contribution in [0.2, 0.25) is 0 Å². The molecule has 1 aliphatic heterocycles. The van der Waals surface area contributed by atoms with E-state index < -0.39 is 17.8 Å². The second-order valence-corrected chi connectivity index (χ2v) is 7.37. The summed E-state index contributed by atoms with van der Waals surface area (Å²) in [6.45, 7) is 1.45. The van der Waals surface area contributed by atoms with Crippen LogP contribution in [-0.4, -0.2) is 11.7 Å². The zero-order valence-corrected chi connectivity index (χ0v) is 16.5. The molecule has 5 nitrogen and oxygen atoms in total. The van der Waals surface area contributed by atoms with Crippen molar-refractivity contribution >= 4 is 28.3 Å². The molecule has 0 aliphatic carbocycles. The van der Waals surface area contributed by atoms with Crippen LogP contribution in [0.15, 0.2) is 82.0 Å². The summed E-state index contributed by atoms with van der Waals surface area (Å²) in [4.78, 5) is 39.8. The molecule has 152 valence electrons. The number of fused-ring (bicyclic) bond motifs is 2. The molecule has 2 heterocycles. The SMILES string of the molecule is CC(=O)c1ccc(N2C(=O)c3oc4ccccc4c(=O)c3C2c2ccccc2F)cc1. The van der Waals surface area contributed by atoms with Crippen molar-refractivity contribution < 1.29 is 18.4 Å². The number of carbonyl (C=O) groups is 2. The Bertz CT molecular complexity index is 1420. The van der Waals surface area contributed by atoms with Crippen LogP contribution in [0.3, 0.4) is 0 Å². The molecule has 0 radical (unpaired) electrons. The Balaban J connectivity index is 1.79. The number of anilines is 1. The summed E-state index contributed by atoms with van der Waals surface area (Å²) in [7, 11) is 0. The summed E-state index contributed by atoms with van der Waals surface area (Å²) >= 11 is 0. The van der Waals surface area contributed by atoms with Crippen molar-refractivity contribution in [2.45, 2.75) is 13.0 Å². The number of halogens is 1. The number of nitrogens with zero attached hydrogens (tertiary/aromatic N) is 1. The van der Waals surface area contributed by atoms with Crippen molar-refractivity contribution in [1.82, 2.24) is 0 Å². The third-order valence-corrected chi connectivity index (χ3v) is 5.53. The maximum Gasteiger partial charge on any atom is 0.295 e. The minimum atomic E-state index is -0.993. The zero-order valence-electron chi connectivity index (χ0n) is 16.5. The maximum absolute atomic E-state index is 14.9. The van der Waals surface area contributed by atoms with Gasteiger partial charge in [0.2, 0.25) is 5.76 Å². The van der Waals surface area contributed by atoms with E-state index in [9.17, 15) is 18.8 Å². The van der Waals surface area contributed by atoms with Gasteiger partial charge in [0.1, 0.15) is 11.4 Å². The van der Waals surface area contributed by atoms with Crippen molar-refractivity contribution in [1.29, 1.82) is 0 Å². The van der Waals surface area contributed by atoms with Crippen molar-refractivity contribution in [2.24, 2.45) is 0 Å². The lowest BCUT2D eigenvalue weighted by atomic mass is 9.97. The molecule has 1 atom stereocenters. The normalized spacial score (nSPS) is 15.4. The van der Waals surface area contributed by atoms with E-state index in [-0.39, 0.29) is 28.1 Å². The van der Waals surface area contributed by atoms with Crippen molar-refractivity contribution in [3.63, 3.8) is 0 Å². The van der Waals surface area contributed by atoms with E-state index in [1.807, 2.05) is 0 Å². The Labute approximate surface area is 176 Å². The second-order valence-electron chi connectivity index (χ2n) is 7.37. The Morgan fingerprint density at radius 1 is 0.935 bits per heavy atom. The van der Waals surface area contributed by atoms with Crippen LogP contribution < -0.4 is 10.3 Å². The summed E-state index contributed by atoms with van der Waals surface area (Å²) in [5, 5.41) is 0.323. The van der Waals surface area contributed by atoms with E-state index in [4.69, 9.17) is 4.42 Å². The van der Waals surface area contributed by atoms with Gasteiger partial charge in [-0.1, -0.05) is 30.3 Å². The standard InChI is InChI=1S/C25H16FNO4/c1-14(28)15-10-12-16(13-11-15)27-22(17-6-2-4-8-19(17)26)21-23(29)18-7-3-5-9-20(18)31-24(21)25(27)30/h2-13,22H,1H3. The minimum absolute atomic E-state index is 0.101. The molecule has 1 amide bonds. The predicted octanol–water partition coefficient (Wildman–Crippen LogP) is 4.88. The Morgan fingerprint density at radius 3 is 2.32 bits per heavy atom. The Hall–Kier alpha value is -4.06. The zero-order chi connectivity index (χ0) is 21.7. The summed E-state index contributed by atoms with van der Waals surface area (Å²) in [6, 6.07) is 18.1. The van der Waals surface area contributed by atoms with Gasteiger partial charge in [0.05, 0.1) is 17.0 Å². The molecule has 3 aromatic carbocycles. The van der Waals surface area contributed by atoms with E-state index in [0.29, 0.717) is 22.2 Å². The van der Waals surface area contributed by atoms with Gasteiger partial charge in [0.15, 0.2) is 11.2 Å². The number of rotatable bonds is 3. The average Bonchev–Trinajstić information content (AvgIpc) is 3.07. The summed E-state index contributed by atoms with van der Waals surface area (Å²) in [5.41, 5.74) is 1.12. The van der Waals surface area contributed by atoms with Gasteiger partial charge in [-0.2, -0.15) is 0 Å². The monoisotopic (exact) mass is 413 g/mol. The van der Waals surface area contributed by atoms with Crippen LogP contribution in [0, 0.1) is 5.82 Å². The molecule has 31 heavy (non-hydrogen) atoms. The molecule has 0 bridgehead atoms. The minimum Gasteiger partial charge on any atom is -0.450 e. The van der Waals surface area contributed by atoms with E-state index >= 15 is 0 Å². The fourth-order valence-corrected chi connectivity index (χ4v) is 4.03. The quantitative estimate of drug-likeness (QED) is 0.449. The van der Waals surface area contributed by atoms with Gasteiger partial charge in [0.25, 0.3) is 5.91 Å². The number of benzene rings is 3. The first-order valence-corrected chi connectivity index (χ1v) is 9.72. The van der Waals surface area contributed by atoms with Crippen LogP contribution in [0.4, 0.5) is 10.1 Å². The summed E-state index contributed by atoms with van der Waals surface area (Å²) < 4.78 is 20.7. The highest BCUT2D eigenvalue weighted by Crippen LogP contribution is 2.41. The number of ketones is 1. The van der Waals surface area contributed by atoms with Gasteiger partial charge in [0, 0.05) is 16.8 Å². The van der Waals surface area contributed by atoms with Gasteiger partial charge in [-0.3, -0.25) is 19.3 Å². The summed E-state index contributed by atoms with van der Waals surface area (Å²) in [5.74, 6) is -1.29. The largest absolute Gasteiger partial charge is 0.450 e. The molecule has 0 spiro atoms. The molecule has 0 N–H and O–H groups in total. The van der Waals surface area contributed by atoms with Crippen LogP contribution in [-0.2, 0) is 0 Å². The fourth-order valence-electron chi connectivity index (χ4n) is 4.03. The Morgan fingerprint density at radius 2 is 1.61 bits per heavy atom. The lowest BCUT2D eigenvalue weighted by Gasteiger charge is -2.25. The van der Waals surface area contributed by atoms with Crippen LogP contribution >= 0.6 is 0 Å². The lowest BCUT2D eigenvalue weighted by molar-refractivity contribution is 0.0970. The summed E-state index contributed by atoms with van der Waals surface area (Å²) in [6.07, 6.45) is 0. The molecule has 6 heteroatoms. The number of para-hydroxylation sites is 1. The van der Waals surface area contributed by atoms with Gasteiger partial charge in [-0.25, -0.2) is 4.39 Å². The number of hydrogen-bond donors (Lipinski definition) is 0. The van der Waals surface area contributed by atoms with E-state index in [1.54, 1.807) is 66.7 Å². The van der Waals surface area contributed by atoms with E-state index in [0.717, 1.165) is 0 Å². The van der Waals surface area contributed by atoms with Crippen molar-refractivity contribution in [2.75, 3.05) is 4.90 Å². The molecule has 0 saturated heterocycles. The Kier molecular flexibility index (Phi) is 4.29. The smallest absolute Gasteiger partial charge is 0.295 e. The first-order valence-electron chi connectivity index (χ1n) is 9.72.